The van der Waals surface area contributed by atoms with Crippen LogP contribution in [0.4, 0.5) is 0 Å². The Bertz CT molecular complexity index is 514. The number of aromatic carboxylic acids is 1. The van der Waals surface area contributed by atoms with Crippen molar-refractivity contribution in [2.75, 3.05) is 0 Å². The van der Waals surface area contributed by atoms with Gasteiger partial charge in [0.2, 0.25) is 0 Å². The Balaban J connectivity index is 1.76. The first-order valence-corrected chi connectivity index (χ1v) is 8.99. The number of carboxylic acids is 1. The third-order valence-corrected chi connectivity index (χ3v) is 6.31. The second-order valence-corrected chi connectivity index (χ2v) is 7.67. The first-order valence-electron chi connectivity index (χ1n) is 8.17. The first-order chi connectivity index (χ1) is 10.1. The lowest BCUT2D eigenvalue weighted by Gasteiger charge is -2.51. The molecule has 1 aromatic heterocycles. The van der Waals surface area contributed by atoms with Crippen LogP contribution in [-0.2, 0) is 6.42 Å². The van der Waals surface area contributed by atoms with Crippen LogP contribution in [0.1, 0.15) is 72.8 Å². The number of hydrogen-bond donors (Lipinski definition) is 1. The normalized spacial score (nSPS) is 23.8. The lowest BCUT2D eigenvalue weighted by Crippen LogP contribution is -2.49. The highest BCUT2D eigenvalue weighted by Gasteiger charge is 2.48. The summed E-state index contributed by atoms with van der Waals surface area (Å²) in [5, 5.41) is 9.38. The van der Waals surface area contributed by atoms with Crippen LogP contribution in [-0.4, -0.2) is 17.2 Å². The molecule has 4 heteroatoms. The van der Waals surface area contributed by atoms with Gasteiger partial charge in [0.25, 0.3) is 0 Å². The van der Waals surface area contributed by atoms with Crippen molar-refractivity contribution in [1.82, 2.24) is 0 Å². The number of carboxylic acid groups (broad SMARTS) is 1. The summed E-state index contributed by atoms with van der Waals surface area (Å²) in [6.45, 7) is 2.11. The van der Waals surface area contributed by atoms with Gasteiger partial charge in [-0.3, -0.25) is 0 Å². The van der Waals surface area contributed by atoms with Crippen LogP contribution in [0.15, 0.2) is 6.07 Å². The minimum atomic E-state index is -0.852. The number of ether oxygens (including phenoxy) is 1. The number of hydrogen-bond acceptors (Lipinski definition) is 3. The largest absolute Gasteiger partial charge is 0.488 e. The minimum absolute atomic E-state index is 0.236. The van der Waals surface area contributed by atoms with Crippen molar-refractivity contribution in [3.05, 3.63) is 15.8 Å². The number of rotatable bonds is 5. The molecule has 1 atom stereocenters. The molecular formula is C17H24O3S. The van der Waals surface area contributed by atoms with Crippen molar-refractivity contribution in [3.8, 4) is 5.75 Å². The lowest BCUT2D eigenvalue weighted by molar-refractivity contribution is -0.0704. The minimum Gasteiger partial charge on any atom is -0.488 e. The Morgan fingerprint density at radius 1 is 1.38 bits per heavy atom. The van der Waals surface area contributed by atoms with E-state index in [0.29, 0.717) is 16.0 Å². The molecule has 2 saturated carbocycles. The first kappa shape index (κ1) is 14.9. The molecule has 0 aromatic carbocycles. The molecule has 1 unspecified atom stereocenters. The smallest absolute Gasteiger partial charge is 0.349 e. The van der Waals surface area contributed by atoms with Gasteiger partial charge in [0.1, 0.15) is 11.9 Å². The molecule has 1 aromatic rings. The molecule has 2 aliphatic rings. The lowest BCUT2D eigenvalue weighted by atomic mass is 9.58. The van der Waals surface area contributed by atoms with Crippen LogP contribution in [0.2, 0.25) is 0 Å². The molecule has 0 saturated heterocycles. The van der Waals surface area contributed by atoms with Gasteiger partial charge in [0.15, 0.2) is 4.88 Å². The average Bonchev–Trinajstić information content (AvgIpc) is 2.88. The van der Waals surface area contributed by atoms with Crippen LogP contribution >= 0.6 is 11.3 Å². The zero-order valence-corrected chi connectivity index (χ0v) is 13.5. The summed E-state index contributed by atoms with van der Waals surface area (Å²) >= 11 is 1.38. The average molecular weight is 308 g/mol. The van der Waals surface area contributed by atoms with Gasteiger partial charge in [0, 0.05) is 10.3 Å². The van der Waals surface area contributed by atoms with E-state index in [1.54, 1.807) is 0 Å². The molecule has 0 radical (unpaired) electrons. The van der Waals surface area contributed by atoms with E-state index in [1.807, 2.05) is 6.07 Å². The fraction of sp³-hybridized carbons (Fsp3) is 0.706. The van der Waals surface area contributed by atoms with E-state index in [-0.39, 0.29) is 6.10 Å². The summed E-state index contributed by atoms with van der Waals surface area (Å²) in [6, 6.07) is 1.96. The Morgan fingerprint density at radius 3 is 2.71 bits per heavy atom. The third-order valence-electron chi connectivity index (χ3n) is 5.15. The standard InChI is InChI=1S/C17H24O3S/c1-2-6-12-11-13(15(21-12)16(18)19)20-14-7-10-17(14)8-4-3-5-9-17/h11,14H,2-10H2,1H3,(H,18,19). The molecule has 2 aliphatic carbocycles. The van der Waals surface area contributed by atoms with Crippen LogP contribution in [0.3, 0.4) is 0 Å². The number of aryl methyl sites for hydroxylation is 1. The maximum atomic E-state index is 11.4. The van der Waals surface area contributed by atoms with Gasteiger partial charge in [-0.25, -0.2) is 4.79 Å². The fourth-order valence-corrected chi connectivity index (χ4v) is 4.89. The van der Waals surface area contributed by atoms with Crippen LogP contribution < -0.4 is 4.74 Å². The van der Waals surface area contributed by atoms with Gasteiger partial charge in [0.05, 0.1) is 0 Å². The van der Waals surface area contributed by atoms with Gasteiger partial charge < -0.3 is 9.84 Å². The summed E-state index contributed by atoms with van der Waals surface area (Å²) in [6.07, 6.45) is 11.0. The zero-order valence-electron chi connectivity index (χ0n) is 12.7. The highest BCUT2D eigenvalue weighted by atomic mass is 32.1. The van der Waals surface area contributed by atoms with Gasteiger partial charge in [-0.15, -0.1) is 11.3 Å². The van der Waals surface area contributed by atoms with Crippen molar-refractivity contribution in [3.63, 3.8) is 0 Å². The van der Waals surface area contributed by atoms with Gasteiger partial charge >= 0.3 is 5.97 Å². The third kappa shape index (κ3) is 2.83. The second kappa shape index (κ2) is 5.99. The van der Waals surface area contributed by atoms with Crippen molar-refractivity contribution in [2.24, 2.45) is 5.41 Å². The Labute approximate surface area is 130 Å². The molecule has 21 heavy (non-hydrogen) atoms. The molecule has 116 valence electrons. The van der Waals surface area contributed by atoms with Gasteiger partial charge in [-0.1, -0.05) is 32.6 Å². The van der Waals surface area contributed by atoms with Crippen molar-refractivity contribution < 1.29 is 14.6 Å². The molecular weight excluding hydrogens is 284 g/mol. The Kier molecular flexibility index (Phi) is 4.25. The summed E-state index contributed by atoms with van der Waals surface area (Å²) in [7, 11) is 0. The summed E-state index contributed by atoms with van der Waals surface area (Å²) in [5.41, 5.74) is 0.348. The topological polar surface area (TPSA) is 46.5 Å². The van der Waals surface area contributed by atoms with Gasteiger partial charge in [-0.05, 0) is 38.2 Å². The highest BCUT2D eigenvalue weighted by molar-refractivity contribution is 7.14. The molecule has 1 heterocycles. The molecule has 3 nitrogen and oxygen atoms in total. The molecule has 0 bridgehead atoms. The van der Waals surface area contributed by atoms with E-state index in [4.69, 9.17) is 4.74 Å². The quantitative estimate of drug-likeness (QED) is 0.842. The predicted octanol–water partition coefficient (Wildman–Crippen LogP) is 4.89. The van der Waals surface area contributed by atoms with E-state index in [1.165, 1.54) is 49.9 Å². The molecule has 1 N–H and O–H groups in total. The fourth-order valence-electron chi connectivity index (χ4n) is 3.86. The van der Waals surface area contributed by atoms with Crippen LogP contribution in [0, 0.1) is 5.41 Å². The molecule has 0 aliphatic heterocycles. The molecule has 1 spiro atoms. The van der Waals surface area contributed by atoms with Crippen LogP contribution in [0.5, 0.6) is 5.75 Å². The van der Waals surface area contributed by atoms with Crippen molar-refractivity contribution in [1.29, 1.82) is 0 Å². The Morgan fingerprint density at radius 2 is 2.14 bits per heavy atom. The van der Waals surface area contributed by atoms with E-state index in [0.717, 1.165) is 24.1 Å². The van der Waals surface area contributed by atoms with E-state index < -0.39 is 5.97 Å². The van der Waals surface area contributed by atoms with E-state index in [9.17, 15) is 9.90 Å². The van der Waals surface area contributed by atoms with Crippen LogP contribution in [0.25, 0.3) is 0 Å². The SMILES string of the molecule is CCCc1cc(OC2CCC23CCCCC3)c(C(=O)O)s1. The summed E-state index contributed by atoms with van der Waals surface area (Å²) in [4.78, 5) is 12.9. The second-order valence-electron chi connectivity index (χ2n) is 6.53. The molecule has 0 amide bonds. The zero-order chi connectivity index (χ0) is 14.9. The summed E-state index contributed by atoms with van der Waals surface area (Å²) < 4.78 is 6.19. The van der Waals surface area contributed by atoms with E-state index >= 15 is 0 Å². The molecule has 3 rings (SSSR count). The van der Waals surface area contributed by atoms with E-state index in [2.05, 4.69) is 6.92 Å². The maximum Gasteiger partial charge on any atom is 0.349 e. The van der Waals surface area contributed by atoms with Crippen molar-refractivity contribution >= 4 is 17.3 Å². The maximum absolute atomic E-state index is 11.4. The Hall–Kier alpha value is -1.03. The highest BCUT2D eigenvalue weighted by Crippen LogP contribution is 2.53. The number of carbonyl (C=O) groups is 1. The number of thiophene rings is 1. The van der Waals surface area contributed by atoms with Crippen molar-refractivity contribution in [2.45, 2.75) is 70.8 Å². The predicted molar refractivity (Wildman–Crippen MR) is 84.4 cm³/mol. The monoisotopic (exact) mass is 308 g/mol. The summed E-state index contributed by atoms with van der Waals surface area (Å²) in [5.74, 6) is -0.236. The molecule has 2 fully saturated rings. The van der Waals surface area contributed by atoms with Gasteiger partial charge in [-0.2, -0.15) is 0 Å².